The van der Waals surface area contributed by atoms with Gasteiger partial charge in [-0.2, -0.15) is 0 Å². The molecule has 0 aliphatic carbocycles. The van der Waals surface area contributed by atoms with E-state index >= 15 is 0 Å². The van der Waals surface area contributed by atoms with Crippen molar-refractivity contribution in [1.29, 1.82) is 0 Å². The predicted molar refractivity (Wildman–Crippen MR) is 99.6 cm³/mol. The Balaban J connectivity index is 0.00000441. The third-order valence-electron chi connectivity index (χ3n) is 3.38. The first-order valence-electron chi connectivity index (χ1n) is 7.26. The quantitative estimate of drug-likeness (QED) is 0.413. The molecule has 0 aliphatic heterocycles. The number of hydrogen-bond acceptors (Lipinski definition) is 4. The van der Waals surface area contributed by atoms with Gasteiger partial charge in [-0.15, -0.1) is 34.2 Å². The van der Waals surface area contributed by atoms with E-state index in [-0.39, 0.29) is 35.5 Å². The van der Waals surface area contributed by atoms with Crippen LogP contribution in [0.4, 0.5) is 0 Å². The van der Waals surface area contributed by atoms with Gasteiger partial charge in [0, 0.05) is 27.2 Å². The van der Waals surface area contributed by atoms with Gasteiger partial charge in [0.25, 0.3) is 0 Å². The Morgan fingerprint density at radius 2 is 2.09 bits per heavy atom. The molecule has 0 aliphatic rings. The number of nitrogens with zero attached hydrogens (tertiary/aromatic N) is 4. The lowest BCUT2D eigenvalue weighted by Gasteiger charge is -2.30. The molecule has 0 saturated carbocycles. The van der Waals surface area contributed by atoms with Gasteiger partial charge in [-0.1, -0.05) is 20.8 Å². The average Bonchev–Trinajstić information content (AvgIpc) is 2.88. The van der Waals surface area contributed by atoms with Crippen molar-refractivity contribution in [2.24, 2.45) is 10.4 Å². The summed E-state index contributed by atoms with van der Waals surface area (Å²) in [5.74, 6) is 1.62. The van der Waals surface area contributed by atoms with Crippen molar-refractivity contribution in [2.45, 2.75) is 46.9 Å². The molecule has 7 nitrogen and oxygen atoms in total. The summed E-state index contributed by atoms with van der Waals surface area (Å²) in [5.41, 5.74) is 0.0724. The van der Waals surface area contributed by atoms with Crippen LogP contribution in [0.15, 0.2) is 11.3 Å². The Labute approximate surface area is 150 Å². The highest BCUT2D eigenvalue weighted by atomic mass is 127. The summed E-state index contributed by atoms with van der Waals surface area (Å²) < 4.78 is 7.52. The van der Waals surface area contributed by atoms with Crippen molar-refractivity contribution in [3.8, 4) is 0 Å². The van der Waals surface area contributed by atoms with Gasteiger partial charge in [0.2, 0.25) is 0 Å². The monoisotopic (exact) mass is 424 g/mol. The summed E-state index contributed by atoms with van der Waals surface area (Å²) in [5, 5.41) is 14.5. The maximum absolute atomic E-state index is 5.52. The molecule has 1 aromatic heterocycles. The van der Waals surface area contributed by atoms with Crippen molar-refractivity contribution < 1.29 is 4.74 Å². The smallest absolute Gasteiger partial charge is 0.191 e. The van der Waals surface area contributed by atoms with Crippen LogP contribution in [0.2, 0.25) is 0 Å². The number of nitrogens with one attached hydrogen (secondary N) is 2. The van der Waals surface area contributed by atoms with E-state index in [4.69, 9.17) is 4.74 Å². The van der Waals surface area contributed by atoms with Crippen molar-refractivity contribution in [1.82, 2.24) is 25.4 Å². The van der Waals surface area contributed by atoms with E-state index in [0.717, 1.165) is 18.3 Å². The molecule has 0 radical (unpaired) electrons. The van der Waals surface area contributed by atoms with E-state index in [0.29, 0.717) is 13.1 Å². The molecular formula is C14H29IN6O. The lowest BCUT2D eigenvalue weighted by molar-refractivity contribution is 0.0205. The van der Waals surface area contributed by atoms with E-state index in [2.05, 4.69) is 53.5 Å². The Morgan fingerprint density at radius 3 is 2.59 bits per heavy atom. The van der Waals surface area contributed by atoms with Gasteiger partial charge < -0.3 is 19.9 Å². The number of ether oxygens (including phenoxy) is 1. The van der Waals surface area contributed by atoms with Crippen molar-refractivity contribution in [3.05, 3.63) is 12.2 Å². The molecule has 1 rings (SSSR count). The summed E-state index contributed by atoms with van der Waals surface area (Å²) in [6.07, 6.45) is 1.84. The van der Waals surface area contributed by atoms with Gasteiger partial charge in [0.05, 0.1) is 12.6 Å². The lowest BCUT2D eigenvalue weighted by Crippen LogP contribution is -2.45. The largest absolute Gasteiger partial charge is 0.379 e. The highest BCUT2D eigenvalue weighted by molar-refractivity contribution is 14.0. The van der Waals surface area contributed by atoms with Crippen LogP contribution in [0.1, 0.15) is 33.5 Å². The second kappa shape index (κ2) is 9.98. The SMILES string of the molecule is CCn1cnnc1CNC(=NC)NCC(OC)C(C)(C)C.I. The first-order chi connectivity index (χ1) is 9.92. The van der Waals surface area contributed by atoms with E-state index in [1.807, 2.05) is 4.57 Å². The van der Waals surface area contributed by atoms with Gasteiger partial charge in [-0.05, 0) is 12.3 Å². The van der Waals surface area contributed by atoms with Crippen LogP contribution in [0.3, 0.4) is 0 Å². The Morgan fingerprint density at radius 1 is 1.41 bits per heavy atom. The summed E-state index contributed by atoms with van der Waals surface area (Å²) in [4.78, 5) is 4.21. The molecule has 0 spiro atoms. The molecule has 0 aromatic carbocycles. The maximum atomic E-state index is 5.52. The Hall–Kier alpha value is -0.900. The molecular weight excluding hydrogens is 395 g/mol. The predicted octanol–water partition coefficient (Wildman–Crippen LogP) is 1.64. The van der Waals surface area contributed by atoms with Crippen LogP contribution in [-0.4, -0.2) is 47.5 Å². The van der Waals surface area contributed by atoms with Crippen LogP contribution in [0, 0.1) is 5.41 Å². The third-order valence-corrected chi connectivity index (χ3v) is 3.38. The second-order valence-corrected chi connectivity index (χ2v) is 5.93. The molecule has 1 heterocycles. The minimum Gasteiger partial charge on any atom is -0.379 e. The molecule has 1 atom stereocenters. The number of methoxy groups -OCH3 is 1. The lowest BCUT2D eigenvalue weighted by atomic mass is 9.89. The van der Waals surface area contributed by atoms with Crippen LogP contribution >= 0.6 is 24.0 Å². The minimum atomic E-state index is 0. The highest BCUT2D eigenvalue weighted by Gasteiger charge is 2.24. The summed E-state index contributed by atoms with van der Waals surface area (Å²) in [6, 6.07) is 0. The molecule has 0 fully saturated rings. The van der Waals surface area contributed by atoms with E-state index < -0.39 is 0 Å². The fourth-order valence-corrected chi connectivity index (χ4v) is 2.00. The van der Waals surface area contributed by atoms with Crippen LogP contribution in [0.25, 0.3) is 0 Å². The molecule has 1 unspecified atom stereocenters. The van der Waals surface area contributed by atoms with Crippen molar-refractivity contribution in [2.75, 3.05) is 20.7 Å². The number of hydrogen-bond donors (Lipinski definition) is 2. The van der Waals surface area contributed by atoms with Crippen molar-refractivity contribution >= 4 is 29.9 Å². The normalized spacial score (nSPS) is 13.5. The number of aromatic nitrogens is 3. The van der Waals surface area contributed by atoms with Gasteiger partial charge in [-0.25, -0.2) is 0 Å². The number of aryl methyl sites for hydroxylation is 1. The fraction of sp³-hybridized carbons (Fsp3) is 0.786. The highest BCUT2D eigenvalue weighted by Crippen LogP contribution is 2.20. The van der Waals surface area contributed by atoms with E-state index in [9.17, 15) is 0 Å². The Bertz CT molecular complexity index is 454. The minimum absolute atomic E-state index is 0. The number of halogens is 1. The fourth-order valence-electron chi connectivity index (χ4n) is 2.00. The average molecular weight is 424 g/mol. The Kier molecular flexibility index (Phi) is 9.58. The number of aliphatic imine (C=N–C) groups is 1. The maximum Gasteiger partial charge on any atom is 0.191 e. The zero-order valence-electron chi connectivity index (χ0n) is 14.4. The summed E-state index contributed by atoms with van der Waals surface area (Å²) in [6.45, 7) is 10.7. The van der Waals surface area contributed by atoms with Gasteiger partial charge >= 0.3 is 0 Å². The molecule has 128 valence electrons. The third kappa shape index (κ3) is 6.47. The molecule has 0 amide bonds. The number of guanidine groups is 1. The second-order valence-electron chi connectivity index (χ2n) is 5.93. The molecule has 0 bridgehead atoms. The summed E-state index contributed by atoms with van der Waals surface area (Å²) >= 11 is 0. The summed E-state index contributed by atoms with van der Waals surface area (Å²) in [7, 11) is 3.48. The van der Waals surface area contributed by atoms with Crippen LogP contribution < -0.4 is 10.6 Å². The topological polar surface area (TPSA) is 76.4 Å². The first kappa shape index (κ1) is 21.1. The van der Waals surface area contributed by atoms with Gasteiger partial charge in [0.15, 0.2) is 11.8 Å². The van der Waals surface area contributed by atoms with Crippen molar-refractivity contribution in [3.63, 3.8) is 0 Å². The number of rotatable bonds is 6. The molecule has 8 heteroatoms. The van der Waals surface area contributed by atoms with E-state index in [1.165, 1.54) is 0 Å². The zero-order valence-corrected chi connectivity index (χ0v) is 16.7. The van der Waals surface area contributed by atoms with Gasteiger partial charge in [-0.3, -0.25) is 4.99 Å². The van der Waals surface area contributed by atoms with Gasteiger partial charge in [0.1, 0.15) is 6.33 Å². The molecule has 2 N–H and O–H groups in total. The van der Waals surface area contributed by atoms with Crippen LogP contribution in [0.5, 0.6) is 0 Å². The molecule has 22 heavy (non-hydrogen) atoms. The standard InChI is InChI=1S/C14H28N6O.HI/c1-7-20-10-18-19-12(20)9-17-13(15-5)16-8-11(21-6)14(2,3)4;/h10-11H,7-9H2,1-6H3,(H2,15,16,17);1H. The molecule has 1 aromatic rings. The zero-order chi connectivity index (χ0) is 15.9. The van der Waals surface area contributed by atoms with Crippen LogP contribution in [-0.2, 0) is 17.8 Å². The first-order valence-corrected chi connectivity index (χ1v) is 7.26. The van der Waals surface area contributed by atoms with E-state index in [1.54, 1.807) is 20.5 Å². The molecule has 0 saturated heterocycles.